The van der Waals surface area contributed by atoms with E-state index in [1.807, 2.05) is 0 Å². The summed E-state index contributed by atoms with van der Waals surface area (Å²) in [5, 5.41) is 0. The van der Waals surface area contributed by atoms with Gasteiger partial charge in [0.2, 0.25) is 5.82 Å². The minimum Gasteiger partial charge on any atom is -0.490 e. The second-order valence-electron chi connectivity index (χ2n) is 3.94. The van der Waals surface area contributed by atoms with Crippen molar-refractivity contribution in [1.29, 1.82) is 0 Å². The highest BCUT2D eigenvalue weighted by molar-refractivity contribution is 5.32. The largest absolute Gasteiger partial charge is 0.490 e. The summed E-state index contributed by atoms with van der Waals surface area (Å²) in [6.45, 7) is 6.06. The lowest BCUT2D eigenvalue weighted by molar-refractivity contribution is 0.286. The zero-order chi connectivity index (χ0) is 12.7. The van der Waals surface area contributed by atoms with E-state index in [9.17, 15) is 8.78 Å². The predicted molar refractivity (Wildman–Crippen MR) is 65.3 cm³/mol. The van der Waals surface area contributed by atoms with Crippen LogP contribution in [0.25, 0.3) is 0 Å². The number of benzene rings is 1. The molecule has 0 amide bonds. The van der Waals surface area contributed by atoms with Gasteiger partial charge in [-0.1, -0.05) is 25.8 Å². The van der Waals surface area contributed by atoms with Gasteiger partial charge in [0.15, 0.2) is 11.6 Å². The molecular weight excluding hydrogens is 222 g/mol. The van der Waals surface area contributed by atoms with Gasteiger partial charge in [-0.3, -0.25) is 0 Å². The van der Waals surface area contributed by atoms with Gasteiger partial charge in [-0.05, 0) is 30.5 Å². The Morgan fingerprint density at radius 3 is 2.71 bits per heavy atom. The molecule has 0 bridgehead atoms. The van der Waals surface area contributed by atoms with Gasteiger partial charge >= 0.3 is 0 Å². The third kappa shape index (κ3) is 4.17. The SMILES string of the molecule is C=CCc1cc(F)c(F)c(OCCCCC)c1. The van der Waals surface area contributed by atoms with Crippen molar-refractivity contribution < 1.29 is 13.5 Å². The monoisotopic (exact) mass is 240 g/mol. The minimum absolute atomic E-state index is 0.00190. The van der Waals surface area contributed by atoms with Gasteiger partial charge in [0.1, 0.15) is 0 Å². The van der Waals surface area contributed by atoms with E-state index < -0.39 is 11.6 Å². The summed E-state index contributed by atoms with van der Waals surface area (Å²) in [7, 11) is 0. The molecule has 0 radical (unpaired) electrons. The molecule has 1 aromatic rings. The van der Waals surface area contributed by atoms with Crippen LogP contribution in [0.5, 0.6) is 5.75 Å². The average molecular weight is 240 g/mol. The van der Waals surface area contributed by atoms with Crippen molar-refractivity contribution in [3.05, 3.63) is 42.0 Å². The minimum atomic E-state index is -0.908. The Kier molecular flexibility index (Phi) is 5.67. The van der Waals surface area contributed by atoms with Crippen LogP contribution >= 0.6 is 0 Å². The van der Waals surface area contributed by atoms with Crippen molar-refractivity contribution in [3.8, 4) is 5.75 Å². The first kappa shape index (κ1) is 13.7. The van der Waals surface area contributed by atoms with E-state index in [1.54, 1.807) is 6.08 Å². The fraction of sp³-hybridized carbons (Fsp3) is 0.429. The maximum Gasteiger partial charge on any atom is 0.200 e. The molecule has 0 aliphatic rings. The summed E-state index contributed by atoms with van der Waals surface area (Å²) in [5.74, 6) is -1.78. The summed E-state index contributed by atoms with van der Waals surface area (Å²) in [5.41, 5.74) is 0.671. The third-order valence-corrected chi connectivity index (χ3v) is 2.44. The Balaban J connectivity index is 2.71. The average Bonchev–Trinajstić information content (AvgIpc) is 2.31. The summed E-state index contributed by atoms with van der Waals surface area (Å²) in [4.78, 5) is 0. The smallest absolute Gasteiger partial charge is 0.200 e. The molecule has 0 aliphatic carbocycles. The molecule has 1 nitrogen and oxygen atoms in total. The number of rotatable bonds is 7. The molecule has 1 aromatic carbocycles. The molecule has 0 atom stereocenters. The van der Waals surface area contributed by atoms with E-state index in [0.29, 0.717) is 18.6 Å². The van der Waals surface area contributed by atoms with Gasteiger partial charge in [0, 0.05) is 0 Å². The van der Waals surface area contributed by atoms with Crippen LogP contribution < -0.4 is 4.74 Å². The van der Waals surface area contributed by atoms with Crippen molar-refractivity contribution >= 4 is 0 Å². The van der Waals surface area contributed by atoms with Crippen LogP contribution in [0.2, 0.25) is 0 Å². The Labute approximate surface area is 101 Å². The van der Waals surface area contributed by atoms with Gasteiger partial charge < -0.3 is 4.74 Å². The van der Waals surface area contributed by atoms with Crippen LogP contribution in [-0.4, -0.2) is 6.61 Å². The lowest BCUT2D eigenvalue weighted by atomic mass is 10.1. The predicted octanol–water partition coefficient (Wildman–Crippen LogP) is 4.26. The Hall–Kier alpha value is -1.38. The molecule has 3 heteroatoms. The van der Waals surface area contributed by atoms with E-state index in [4.69, 9.17) is 4.74 Å². The highest BCUT2D eigenvalue weighted by atomic mass is 19.2. The van der Waals surface area contributed by atoms with E-state index in [2.05, 4.69) is 13.5 Å². The van der Waals surface area contributed by atoms with Crippen LogP contribution in [0, 0.1) is 11.6 Å². The highest BCUT2D eigenvalue weighted by Crippen LogP contribution is 2.23. The zero-order valence-electron chi connectivity index (χ0n) is 10.1. The Morgan fingerprint density at radius 2 is 2.06 bits per heavy atom. The van der Waals surface area contributed by atoms with E-state index in [0.717, 1.165) is 19.3 Å². The second-order valence-corrected chi connectivity index (χ2v) is 3.94. The number of ether oxygens (including phenoxy) is 1. The van der Waals surface area contributed by atoms with E-state index >= 15 is 0 Å². The maximum atomic E-state index is 13.4. The Bertz CT molecular complexity index is 375. The first-order valence-electron chi connectivity index (χ1n) is 5.90. The molecule has 0 aliphatic heterocycles. The van der Waals surface area contributed by atoms with Gasteiger partial charge in [-0.15, -0.1) is 6.58 Å². The van der Waals surface area contributed by atoms with Crippen molar-refractivity contribution in [2.45, 2.75) is 32.6 Å². The van der Waals surface area contributed by atoms with E-state index in [1.165, 1.54) is 12.1 Å². The summed E-state index contributed by atoms with van der Waals surface area (Å²) in [6, 6.07) is 2.71. The molecular formula is C14H18F2O. The summed E-state index contributed by atoms with van der Waals surface area (Å²) in [6.07, 6.45) is 5.09. The van der Waals surface area contributed by atoms with Crippen LogP contribution in [0.15, 0.2) is 24.8 Å². The number of hydrogen-bond donors (Lipinski definition) is 0. The molecule has 0 heterocycles. The van der Waals surface area contributed by atoms with Gasteiger partial charge in [-0.25, -0.2) is 4.39 Å². The van der Waals surface area contributed by atoms with E-state index in [-0.39, 0.29) is 5.75 Å². The van der Waals surface area contributed by atoms with Crippen molar-refractivity contribution in [2.75, 3.05) is 6.61 Å². The fourth-order valence-corrected chi connectivity index (χ4v) is 1.54. The van der Waals surface area contributed by atoms with Crippen molar-refractivity contribution in [1.82, 2.24) is 0 Å². The first-order valence-corrected chi connectivity index (χ1v) is 5.90. The normalized spacial score (nSPS) is 10.3. The quantitative estimate of drug-likeness (QED) is 0.511. The molecule has 0 saturated carbocycles. The van der Waals surface area contributed by atoms with Crippen molar-refractivity contribution in [2.24, 2.45) is 0 Å². The lowest BCUT2D eigenvalue weighted by Crippen LogP contribution is -2.01. The molecule has 17 heavy (non-hydrogen) atoms. The zero-order valence-corrected chi connectivity index (χ0v) is 10.1. The molecule has 0 fully saturated rings. The molecule has 1 rings (SSSR count). The summed E-state index contributed by atoms with van der Waals surface area (Å²) < 4.78 is 31.9. The Morgan fingerprint density at radius 1 is 1.29 bits per heavy atom. The molecule has 94 valence electrons. The molecule has 0 aromatic heterocycles. The fourth-order valence-electron chi connectivity index (χ4n) is 1.54. The van der Waals surface area contributed by atoms with Crippen LogP contribution in [0.4, 0.5) is 8.78 Å². The second kappa shape index (κ2) is 7.05. The number of allylic oxidation sites excluding steroid dienone is 1. The van der Waals surface area contributed by atoms with Gasteiger partial charge in [0.25, 0.3) is 0 Å². The third-order valence-electron chi connectivity index (χ3n) is 2.44. The lowest BCUT2D eigenvalue weighted by Gasteiger charge is -2.09. The molecule has 0 saturated heterocycles. The van der Waals surface area contributed by atoms with Gasteiger partial charge in [0.05, 0.1) is 6.61 Å². The molecule has 0 spiro atoms. The number of halogens is 2. The van der Waals surface area contributed by atoms with Crippen LogP contribution in [0.3, 0.4) is 0 Å². The van der Waals surface area contributed by atoms with Crippen LogP contribution in [0.1, 0.15) is 31.7 Å². The van der Waals surface area contributed by atoms with Gasteiger partial charge in [-0.2, -0.15) is 4.39 Å². The van der Waals surface area contributed by atoms with Crippen LogP contribution in [-0.2, 0) is 6.42 Å². The standard InChI is InChI=1S/C14H18F2O/c1-3-5-6-8-17-13-10-11(7-4-2)9-12(15)14(13)16/h4,9-10H,2-3,5-8H2,1H3. The van der Waals surface area contributed by atoms with Crippen molar-refractivity contribution in [3.63, 3.8) is 0 Å². The number of unbranched alkanes of at least 4 members (excludes halogenated alkanes) is 2. The summed E-state index contributed by atoms with van der Waals surface area (Å²) >= 11 is 0. The highest BCUT2D eigenvalue weighted by Gasteiger charge is 2.11. The maximum absolute atomic E-state index is 13.4. The first-order chi connectivity index (χ1) is 8.19. The molecule has 0 unspecified atom stereocenters. The number of hydrogen-bond acceptors (Lipinski definition) is 1. The topological polar surface area (TPSA) is 9.23 Å². The molecule has 0 N–H and O–H groups in total.